The van der Waals surface area contributed by atoms with E-state index in [4.69, 9.17) is 5.73 Å². The Balaban J connectivity index is 1.96. The van der Waals surface area contributed by atoms with Crippen molar-refractivity contribution < 1.29 is 9.18 Å². The Labute approximate surface area is 140 Å². The third-order valence-electron chi connectivity index (χ3n) is 2.78. The number of amides is 1. The van der Waals surface area contributed by atoms with Gasteiger partial charge in [0.05, 0.1) is 5.75 Å². The molecule has 2 rings (SSSR count). The minimum atomic E-state index is -0.404. The van der Waals surface area contributed by atoms with Crippen molar-refractivity contribution >= 4 is 51.6 Å². The van der Waals surface area contributed by atoms with Crippen LogP contribution >= 0.6 is 34.4 Å². The Kier molecular flexibility index (Phi) is 5.46. The molecule has 0 heterocycles. The predicted molar refractivity (Wildman–Crippen MR) is 94.1 cm³/mol. The highest BCUT2D eigenvalue weighted by atomic mass is 127. The summed E-state index contributed by atoms with van der Waals surface area (Å²) in [6.45, 7) is 1.94. The van der Waals surface area contributed by atoms with Gasteiger partial charge in [0.15, 0.2) is 0 Å². The van der Waals surface area contributed by atoms with Gasteiger partial charge in [0.25, 0.3) is 0 Å². The van der Waals surface area contributed by atoms with Gasteiger partial charge in [0.2, 0.25) is 5.91 Å². The Hall–Kier alpha value is -1.28. The molecule has 3 nitrogen and oxygen atoms in total. The van der Waals surface area contributed by atoms with Crippen molar-refractivity contribution in [3.05, 3.63) is 51.3 Å². The normalized spacial score (nSPS) is 10.4. The summed E-state index contributed by atoms with van der Waals surface area (Å²) < 4.78 is 14.7. The van der Waals surface area contributed by atoms with Crippen LogP contribution < -0.4 is 11.1 Å². The van der Waals surface area contributed by atoms with Crippen LogP contribution in [0.25, 0.3) is 0 Å². The zero-order valence-corrected chi connectivity index (χ0v) is 14.3. The summed E-state index contributed by atoms with van der Waals surface area (Å²) in [6, 6.07) is 10.2. The lowest BCUT2D eigenvalue weighted by Crippen LogP contribution is -2.15. The van der Waals surface area contributed by atoms with Crippen LogP contribution in [0.4, 0.5) is 15.8 Å². The molecular weight excluding hydrogens is 402 g/mol. The van der Waals surface area contributed by atoms with Gasteiger partial charge in [-0.1, -0.05) is 0 Å². The van der Waals surface area contributed by atoms with Gasteiger partial charge in [-0.05, 0) is 71.5 Å². The van der Waals surface area contributed by atoms with Crippen LogP contribution in [0.2, 0.25) is 0 Å². The molecule has 0 saturated heterocycles. The summed E-state index contributed by atoms with van der Waals surface area (Å²) in [7, 11) is 0. The Bertz CT molecular complexity index is 679. The van der Waals surface area contributed by atoms with E-state index in [0.29, 0.717) is 10.6 Å². The van der Waals surface area contributed by atoms with Gasteiger partial charge in [-0.3, -0.25) is 4.79 Å². The molecule has 0 aliphatic rings. The number of halogens is 2. The predicted octanol–water partition coefficient (Wildman–Crippen LogP) is 4.05. The number of nitrogen functional groups attached to an aromatic ring is 1. The van der Waals surface area contributed by atoms with Crippen LogP contribution in [0.5, 0.6) is 0 Å². The first-order valence-electron chi connectivity index (χ1n) is 6.19. The zero-order valence-electron chi connectivity index (χ0n) is 11.3. The average molecular weight is 416 g/mol. The van der Waals surface area contributed by atoms with Crippen LogP contribution in [0.3, 0.4) is 0 Å². The standard InChI is InChI=1S/C15H14FIN2OS/c1-9-6-10(17)2-4-13(9)19-15(20)8-21-14-5-3-11(18)7-12(14)16/h2-7H,8,18H2,1H3,(H,19,20). The average Bonchev–Trinajstić information content (AvgIpc) is 2.41. The van der Waals surface area contributed by atoms with Gasteiger partial charge in [-0.15, -0.1) is 11.8 Å². The number of aryl methyl sites for hydroxylation is 1. The van der Waals surface area contributed by atoms with E-state index in [1.54, 1.807) is 12.1 Å². The fraction of sp³-hybridized carbons (Fsp3) is 0.133. The maximum absolute atomic E-state index is 13.6. The van der Waals surface area contributed by atoms with Crippen molar-refractivity contribution in [1.82, 2.24) is 0 Å². The SMILES string of the molecule is Cc1cc(I)ccc1NC(=O)CSc1ccc(N)cc1F. The van der Waals surface area contributed by atoms with Crippen LogP contribution in [-0.2, 0) is 4.79 Å². The fourth-order valence-corrected chi connectivity index (χ4v) is 3.10. The Morgan fingerprint density at radius 2 is 2.10 bits per heavy atom. The molecule has 2 aromatic carbocycles. The van der Waals surface area contributed by atoms with Crippen molar-refractivity contribution in [2.75, 3.05) is 16.8 Å². The second-order valence-corrected chi connectivity index (χ2v) is 6.75. The van der Waals surface area contributed by atoms with Gasteiger partial charge in [0.1, 0.15) is 5.82 Å². The third-order valence-corrected chi connectivity index (χ3v) is 4.50. The molecule has 0 aliphatic carbocycles. The number of rotatable bonds is 4. The molecular formula is C15H14FIN2OS. The lowest BCUT2D eigenvalue weighted by atomic mass is 10.2. The van der Waals surface area contributed by atoms with E-state index in [1.165, 1.54) is 6.07 Å². The first-order valence-corrected chi connectivity index (χ1v) is 8.26. The van der Waals surface area contributed by atoms with Gasteiger partial charge in [0, 0.05) is 19.8 Å². The summed E-state index contributed by atoms with van der Waals surface area (Å²) >= 11 is 3.37. The summed E-state index contributed by atoms with van der Waals surface area (Å²) in [5.74, 6) is -0.425. The molecule has 21 heavy (non-hydrogen) atoms. The van der Waals surface area contributed by atoms with Crippen LogP contribution in [0, 0.1) is 16.3 Å². The largest absolute Gasteiger partial charge is 0.399 e. The van der Waals surface area contributed by atoms with Gasteiger partial charge in [-0.25, -0.2) is 4.39 Å². The van der Waals surface area contributed by atoms with Gasteiger partial charge in [-0.2, -0.15) is 0 Å². The highest BCUT2D eigenvalue weighted by molar-refractivity contribution is 14.1. The maximum Gasteiger partial charge on any atom is 0.234 e. The monoisotopic (exact) mass is 416 g/mol. The minimum absolute atomic E-state index is 0.145. The molecule has 2 aromatic rings. The first kappa shape index (κ1) is 16.1. The molecule has 0 atom stereocenters. The van der Waals surface area contributed by atoms with E-state index < -0.39 is 5.82 Å². The number of benzene rings is 2. The first-order chi connectivity index (χ1) is 9.95. The molecule has 0 radical (unpaired) electrons. The van der Waals surface area contributed by atoms with E-state index in [0.717, 1.165) is 26.6 Å². The van der Waals surface area contributed by atoms with Crippen LogP contribution in [-0.4, -0.2) is 11.7 Å². The number of thioether (sulfide) groups is 1. The molecule has 0 unspecified atom stereocenters. The second-order valence-electron chi connectivity index (χ2n) is 4.49. The topological polar surface area (TPSA) is 55.1 Å². The summed E-state index contributed by atoms with van der Waals surface area (Å²) in [6.07, 6.45) is 0. The fourth-order valence-electron chi connectivity index (χ4n) is 1.73. The number of nitrogens with one attached hydrogen (secondary N) is 1. The minimum Gasteiger partial charge on any atom is -0.399 e. The van der Waals surface area contributed by atoms with Crippen molar-refractivity contribution in [3.63, 3.8) is 0 Å². The molecule has 3 N–H and O–H groups in total. The van der Waals surface area contributed by atoms with E-state index in [2.05, 4.69) is 27.9 Å². The Morgan fingerprint density at radius 1 is 1.33 bits per heavy atom. The number of carbonyl (C=O) groups is 1. The molecule has 110 valence electrons. The third kappa shape index (κ3) is 4.60. The lowest BCUT2D eigenvalue weighted by molar-refractivity contribution is -0.113. The molecule has 0 aromatic heterocycles. The van der Waals surface area contributed by atoms with E-state index in [1.807, 2.05) is 25.1 Å². The van der Waals surface area contributed by atoms with Gasteiger partial charge >= 0.3 is 0 Å². The molecule has 0 spiro atoms. The van der Waals surface area contributed by atoms with Crippen molar-refractivity contribution in [2.24, 2.45) is 0 Å². The number of hydrogen-bond donors (Lipinski definition) is 2. The second kappa shape index (κ2) is 7.13. The van der Waals surface area contributed by atoms with Crippen molar-refractivity contribution in [3.8, 4) is 0 Å². The van der Waals surface area contributed by atoms with Crippen LogP contribution in [0.15, 0.2) is 41.3 Å². The lowest BCUT2D eigenvalue weighted by Gasteiger charge is -2.09. The number of anilines is 2. The van der Waals surface area contributed by atoms with Gasteiger partial charge < -0.3 is 11.1 Å². The molecule has 0 bridgehead atoms. The maximum atomic E-state index is 13.6. The number of hydrogen-bond acceptors (Lipinski definition) is 3. The summed E-state index contributed by atoms with van der Waals surface area (Å²) in [4.78, 5) is 12.3. The molecule has 0 aliphatic heterocycles. The van der Waals surface area contributed by atoms with Crippen LogP contribution in [0.1, 0.15) is 5.56 Å². The summed E-state index contributed by atoms with van der Waals surface area (Å²) in [5, 5.41) is 2.83. The molecule has 0 fully saturated rings. The highest BCUT2D eigenvalue weighted by Gasteiger charge is 2.09. The summed E-state index contributed by atoms with van der Waals surface area (Å²) in [5.41, 5.74) is 7.63. The molecule has 0 saturated carbocycles. The van der Waals surface area contributed by atoms with E-state index in [9.17, 15) is 9.18 Å². The number of nitrogens with two attached hydrogens (primary N) is 1. The van der Waals surface area contributed by atoms with E-state index >= 15 is 0 Å². The highest BCUT2D eigenvalue weighted by Crippen LogP contribution is 2.24. The van der Waals surface area contributed by atoms with E-state index in [-0.39, 0.29) is 11.7 Å². The Morgan fingerprint density at radius 3 is 2.76 bits per heavy atom. The number of carbonyl (C=O) groups excluding carboxylic acids is 1. The van der Waals surface area contributed by atoms with Crippen molar-refractivity contribution in [1.29, 1.82) is 0 Å². The molecule has 6 heteroatoms. The zero-order chi connectivity index (χ0) is 15.4. The quantitative estimate of drug-likeness (QED) is 0.449. The molecule has 1 amide bonds. The smallest absolute Gasteiger partial charge is 0.234 e. The van der Waals surface area contributed by atoms with Crippen molar-refractivity contribution in [2.45, 2.75) is 11.8 Å².